The van der Waals surface area contributed by atoms with Crippen LogP contribution < -0.4 is 19.5 Å². The molecule has 0 radical (unpaired) electrons. The molecule has 1 N–H and O–H groups in total. The first kappa shape index (κ1) is 15.9. The summed E-state index contributed by atoms with van der Waals surface area (Å²) in [5.74, 6) is 1.43. The Labute approximate surface area is 148 Å². The minimum Gasteiger partial charge on any atom is -0.494 e. The quantitative estimate of drug-likeness (QED) is 0.757. The van der Waals surface area contributed by atoms with Gasteiger partial charge < -0.3 is 19.5 Å². The predicted octanol–water partition coefficient (Wildman–Crippen LogP) is 1.45. The average molecular weight is 353 g/mol. The van der Waals surface area contributed by atoms with E-state index in [0.717, 1.165) is 0 Å². The van der Waals surface area contributed by atoms with Crippen molar-refractivity contribution in [2.75, 3.05) is 19.0 Å². The SMILES string of the molecule is COc1ccc(NC(=O)[C@@H]2COc3ccccc3O2)cc1-n1cnnn1. The number of fused-ring (bicyclic) bond motifs is 1. The monoisotopic (exact) mass is 353 g/mol. The third-order valence-corrected chi connectivity index (χ3v) is 3.84. The molecular weight excluding hydrogens is 338 g/mol. The second kappa shape index (κ2) is 6.71. The van der Waals surface area contributed by atoms with E-state index in [1.54, 1.807) is 37.4 Å². The Morgan fingerprint density at radius 3 is 2.88 bits per heavy atom. The zero-order valence-electron chi connectivity index (χ0n) is 13.8. The van der Waals surface area contributed by atoms with Crippen LogP contribution in [0.25, 0.3) is 5.69 Å². The standard InChI is InChI=1S/C17H15N5O4/c1-24-13-7-6-11(8-12(13)22-10-18-20-21-22)19-17(23)16-9-25-14-4-2-3-5-15(14)26-16/h2-8,10,16H,9H2,1H3,(H,19,23)/t16-/m0/s1. The molecule has 26 heavy (non-hydrogen) atoms. The molecule has 0 fully saturated rings. The number of nitrogens with one attached hydrogen (secondary N) is 1. The lowest BCUT2D eigenvalue weighted by atomic mass is 10.2. The van der Waals surface area contributed by atoms with Crippen LogP contribution in [0, 0.1) is 0 Å². The van der Waals surface area contributed by atoms with Gasteiger partial charge in [-0.25, -0.2) is 0 Å². The molecule has 0 saturated carbocycles. The Bertz CT molecular complexity index is 929. The van der Waals surface area contributed by atoms with Gasteiger partial charge in [-0.05, 0) is 40.8 Å². The van der Waals surface area contributed by atoms with Gasteiger partial charge in [0, 0.05) is 5.69 Å². The number of rotatable bonds is 4. The molecule has 2 heterocycles. The summed E-state index contributed by atoms with van der Waals surface area (Å²) in [6.45, 7) is 0.138. The van der Waals surface area contributed by atoms with E-state index in [1.807, 2.05) is 12.1 Å². The van der Waals surface area contributed by atoms with E-state index in [9.17, 15) is 4.79 Å². The Balaban J connectivity index is 1.52. The summed E-state index contributed by atoms with van der Waals surface area (Å²) in [6, 6.07) is 12.4. The van der Waals surface area contributed by atoms with E-state index < -0.39 is 6.10 Å². The molecule has 4 rings (SSSR count). The highest BCUT2D eigenvalue weighted by atomic mass is 16.6. The molecule has 1 atom stereocenters. The number of hydrogen-bond donors (Lipinski definition) is 1. The number of carbonyl (C=O) groups is 1. The third-order valence-electron chi connectivity index (χ3n) is 3.84. The second-order valence-corrected chi connectivity index (χ2v) is 5.49. The Morgan fingerprint density at radius 1 is 1.27 bits per heavy atom. The Hall–Kier alpha value is -3.62. The van der Waals surface area contributed by atoms with Crippen molar-refractivity contribution >= 4 is 11.6 Å². The topological polar surface area (TPSA) is 100 Å². The molecule has 0 aliphatic carbocycles. The number of amides is 1. The highest BCUT2D eigenvalue weighted by Gasteiger charge is 2.27. The summed E-state index contributed by atoms with van der Waals surface area (Å²) in [5.41, 5.74) is 1.16. The average Bonchev–Trinajstić information content (AvgIpc) is 3.22. The fourth-order valence-electron chi connectivity index (χ4n) is 2.59. The fourth-order valence-corrected chi connectivity index (χ4v) is 2.59. The Kier molecular flexibility index (Phi) is 4.10. The molecule has 0 bridgehead atoms. The molecule has 0 unspecified atom stereocenters. The lowest BCUT2D eigenvalue weighted by Gasteiger charge is -2.25. The van der Waals surface area contributed by atoms with Gasteiger partial charge in [-0.3, -0.25) is 4.79 Å². The summed E-state index contributed by atoms with van der Waals surface area (Å²) in [7, 11) is 1.55. The van der Waals surface area contributed by atoms with Gasteiger partial charge in [0.25, 0.3) is 5.91 Å². The van der Waals surface area contributed by atoms with Crippen LogP contribution in [-0.2, 0) is 4.79 Å². The number of anilines is 1. The van der Waals surface area contributed by atoms with Crippen molar-refractivity contribution in [3.63, 3.8) is 0 Å². The van der Waals surface area contributed by atoms with Crippen molar-refractivity contribution in [1.29, 1.82) is 0 Å². The molecule has 1 aliphatic rings. The first-order chi connectivity index (χ1) is 12.7. The number of carbonyl (C=O) groups excluding carboxylic acids is 1. The molecule has 0 saturated heterocycles. The lowest BCUT2D eigenvalue weighted by Crippen LogP contribution is -2.40. The molecule has 0 spiro atoms. The number of hydrogen-bond acceptors (Lipinski definition) is 7. The highest BCUT2D eigenvalue weighted by molar-refractivity contribution is 5.95. The van der Waals surface area contributed by atoms with E-state index in [-0.39, 0.29) is 12.5 Å². The van der Waals surface area contributed by atoms with Gasteiger partial charge in [-0.15, -0.1) is 5.10 Å². The molecule has 9 nitrogen and oxygen atoms in total. The number of ether oxygens (including phenoxy) is 3. The number of nitrogens with zero attached hydrogens (tertiary/aromatic N) is 4. The lowest BCUT2D eigenvalue weighted by molar-refractivity contribution is -0.125. The zero-order valence-corrected chi connectivity index (χ0v) is 13.8. The van der Waals surface area contributed by atoms with E-state index in [1.165, 1.54) is 11.0 Å². The first-order valence-electron chi connectivity index (χ1n) is 7.85. The molecular formula is C17H15N5O4. The van der Waals surface area contributed by atoms with Gasteiger partial charge in [0.05, 0.1) is 7.11 Å². The normalized spacial score (nSPS) is 15.3. The van der Waals surface area contributed by atoms with E-state index in [0.29, 0.717) is 28.6 Å². The van der Waals surface area contributed by atoms with Gasteiger partial charge in [-0.1, -0.05) is 12.1 Å². The summed E-state index contributed by atoms with van der Waals surface area (Å²) in [6.07, 6.45) is 0.696. The van der Waals surface area contributed by atoms with Gasteiger partial charge >= 0.3 is 0 Å². The maximum Gasteiger partial charge on any atom is 0.269 e. The molecule has 2 aromatic carbocycles. The number of methoxy groups -OCH3 is 1. The van der Waals surface area contributed by atoms with Crippen LogP contribution in [0.15, 0.2) is 48.8 Å². The van der Waals surface area contributed by atoms with E-state index in [4.69, 9.17) is 14.2 Å². The largest absolute Gasteiger partial charge is 0.494 e. The van der Waals surface area contributed by atoms with Crippen LogP contribution >= 0.6 is 0 Å². The molecule has 1 amide bonds. The molecule has 9 heteroatoms. The number of para-hydroxylation sites is 2. The fraction of sp³-hybridized carbons (Fsp3) is 0.176. The van der Waals surface area contributed by atoms with Gasteiger partial charge in [0.2, 0.25) is 6.10 Å². The molecule has 1 aliphatic heterocycles. The van der Waals surface area contributed by atoms with E-state index in [2.05, 4.69) is 20.8 Å². The number of tetrazole rings is 1. The summed E-state index contributed by atoms with van der Waals surface area (Å²) < 4.78 is 18.1. The van der Waals surface area contributed by atoms with Crippen molar-refractivity contribution in [3.05, 3.63) is 48.8 Å². The van der Waals surface area contributed by atoms with Gasteiger partial charge in [0.15, 0.2) is 11.5 Å². The second-order valence-electron chi connectivity index (χ2n) is 5.49. The minimum atomic E-state index is -0.747. The van der Waals surface area contributed by atoms with Crippen molar-refractivity contribution in [3.8, 4) is 22.9 Å². The smallest absolute Gasteiger partial charge is 0.269 e. The third kappa shape index (κ3) is 3.02. The first-order valence-corrected chi connectivity index (χ1v) is 7.85. The summed E-state index contributed by atoms with van der Waals surface area (Å²) in [4.78, 5) is 12.5. The van der Waals surface area contributed by atoms with Crippen LogP contribution in [0.1, 0.15) is 0 Å². The van der Waals surface area contributed by atoms with Crippen molar-refractivity contribution < 1.29 is 19.0 Å². The van der Waals surface area contributed by atoms with Crippen molar-refractivity contribution in [1.82, 2.24) is 20.2 Å². The maximum atomic E-state index is 12.5. The molecule has 132 valence electrons. The van der Waals surface area contributed by atoms with Crippen LogP contribution in [0.4, 0.5) is 5.69 Å². The number of aromatic nitrogens is 4. The van der Waals surface area contributed by atoms with Crippen molar-refractivity contribution in [2.45, 2.75) is 6.10 Å². The summed E-state index contributed by atoms with van der Waals surface area (Å²) >= 11 is 0. The Morgan fingerprint density at radius 2 is 2.12 bits per heavy atom. The zero-order chi connectivity index (χ0) is 17.9. The minimum absolute atomic E-state index is 0.138. The van der Waals surface area contributed by atoms with Crippen LogP contribution in [-0.4, -0.2) is 45.9 Å². The predicted molar refractivity (Wildman–Crippen MR) is 90.7 cm³/mol. The molecule has 1 aromatic heterocycles. The van der Waals surface area contributed by atoms with Gasteiger partial charge in [0.1, 0.15) is 24.4 Å². The highest BCUT2D eigenvalue weighted by Crippen LogP contribution is 2.31. The van der Waals surface area contributed by atoms with Crippen molar-refractivity contribution in [2.24, 2.45) is 0 Å². The maximum absolute atomic E-state index is 12.5. The van der Waals surface area contributed by atoms with Gasteiger partial charge in [-0.2, -0.15) is 4.68 Å². The number of benzene rings is 2. The van der Waals surface area contributed by atoms with Crippen LogP contribution in [0.3, 0.4) is 0 Å². The van der Waals surface area contributed by atoms with Crippen LogP contribution in [0.2, 0.25) is 0 Å². The van der Waals surface area contributed by atoms with E-state index >= 15 is 0 Å². The van der Waals surface area contributed by atoms with Crippen LogP contribution in [0.5, 0.6) is 17.2 Å². The summed E-state index contributed by atoms with van der Waals surface area (Å²) in [5, 5.41) is 13.9. The molecule has 3 aromatic rings.